The van der Waals surface area contributed by atoms with Gasteiger partial charge in [0, 0.05) is 23.0 Å². The number of carbonyl (C=O) groups is 2. The topological polar surface area (TPSA) is 110 Å². The van der Waals surface area contributed by atoms with Gasteiger partial charge in [0.1, 0.15) is 17.0 Å². The predicted octanol–water partition coefficient (Wildman–Crippen LogP) is 3.84. The van der Waals surface area contributed by atoms with E-state index >= 15 is 0 Å². The third kappa shape index (κ3) is 3.17. The average Bonchev–Trinajstić information content (AvgIpc) is 3.43. The van der Waals surface area contributed by atoms with Gasteiger partial charge in [0.2, 0.25) is 0 Å². The van der Waals surface area contributed by atoms with Crippen molar-refractivity contribution in [3.8, 4) is 11.5 Å². The van der Waals surface area contributed by atoms with E-state index in [1.807, 2.05) is 55.5 Å². The van der Waals surface area contributed by atoms with Gasteiger partial charge in [-0.2, -0.15) is 0 Å². The number of ether oxygens (including phenoxy) is 1. The van der Waals surface area contributed by atoms with Crippen molar-refractivity contribution in [2.45, 2.75) is 37.6 Å². The highest BCUT2D eigenvalue weighted by Crippen LogP contribution is 2.58. The molecule has 0 spiro atoms. The minimum Gasteiger partial charge on any atom is -0.481 e. The second kappa shape index (κ2) is 7.19. The Kier molecular flexibility index (Phi) is 4.82. The summed E-state index contributed by atoms with van der Waals surface area (Å²) in [7, 11) is 0. The van der Waals surface area contributed by atoms with Crippen molar-refractivity contribution in [3.63, 3.8) is 0 Å². The molecule has 152 valence electrons. The Balaban J connectivity index is 1.75. The van der Waals surface area contributed by atoms with Crippen molar-refractivity contribution < 1.29 is 24.5 Å². The number of fused-ring (bicyclic) bond motifs is 2. The zero-order chi connectivity index (χ0) is 20.8. The van der Waals surface area contributed by atoms with Crippen LogP contribution >= 0.6 is 0 Å². The highest BCUT2D eigenvalue weighted by Gasteiger charge is 2.65. The van der Waals surface area contributed by atoms with Crippen molar-refractivity contribution in [2.75, 3.05) is 0 Å². The quantitative estimate of drug-likeness (QED) is 0.657. The molecule has 0 amide bonds. The molecule has 2 aliphatic rings. The maximum Gasteiger partial charge on any atom is 0.324 e. The monoisotopic (exact) mass is 395 g/mol. The number of benzene rings is 2. The van der Waals surface area contributed by atoms with Crippen LogP contribution < -0.4 is 10.5 Å². The van der Waals surface area contributed by atoms with Crippen molar-refractivity contribution in [2.24, 2.45) is 23.5 Å². The largest absolute Gasteiger partial charge is 0.481 e. The maximum absolute atomic E-state index is 12.4. The summed E-state index contributed by atoms with van der Waals surface area (Å²) in [6.45, 7) is 1.97. The summed E-state index contributed by atoms with van der Waals surface area (Å²) >= 11 is 0. The predicted molar refractivity (Wildman–Crippen MR) is 107 cm³/mol. The van der Waals surface area contributed by atoms with Crippen LogP contribution in [0.25, 0.3) is 0 Å². The number of nitrogens with two attached hydrogens (primary N) is 1. The number of para-hydroxylation sites is 2. The molecule has 4 atom stereocenters. The van der Waals surface area contributed by atoms with Crippen LogP contribution in [0.4, 0.5) is 0 Å². The Bertz CT molecular complexity index is 912. The van der Waals surface area contributed by atoms with Crippen molar-refractivity contribution in [1.29, 1.82) is 0 Å². The van der Waals surface area contributed by atoms with Crippen molar-refractivity contribution >= 4 is 11.9 Å². The van der Waals surface area contributed by atoms with E-state index in [0.717, 1.165) is 17.5 Å². The van der Waals surface area contributed by atoms with Gasteiger partial charge in [-0.05, 0) is 30.9 Å². The normalized spacial score (nSPS) is 24.6. The zero-order valence-corrected chi connectivity index (χ0v) is 16.2. The molecule has 0 aromatic heterocycles. The summed E-state index contributed by atoms with van der Waals surface area (Å²) in [6.07, 6.45) is 1.58. The van der Waals surface area contributed by atoms with Crippen LogP contribution in [0.5, 0.6) is 11.5 Å². The summed E-state index contributed by atoms with van der Waals surface area (Å²) < 4.78 is 6.00. The van der Waals surface area contributed by atoms with Gasteiger partial charge in [0.15, 0.2) is 0 Å². The first-order chi connectivity index (χ1) is 13.9. The molecule has 4 N–H and O–H groups in total. The van der Waals surface area contributed by atoms with Crippen LogP contribution in [-0.4, -0.2) is 27.7 Å². The zero-order valence-electron chi connectivity index (χ0n) is 16.2. The second-order valence-corrected chi connectivity index (χ2v) is 8.12. The number of aliphatic carboxylic acids is 2. The van der Waals surface area contributed by atoms with Crippen LogP contribution in [0.3, 0.4) is 0 Å². The summed E-state index contributed by atoms with van der Waals surface area (Å²) in [6, 6.07) is 15.1. The molecule has 0 saturated heterocycles. The molecule has 1 aliphatic heterocycles. The van der Waals surface area contributed by atoms with E-state index in [2.05, 4.69) is 0 Å². The maximum atomic E-state index is 12.4. The smallest absolute Gasteiger partial charge is 0.324 e. The molecule has 1 saturated carbocycles. The highest BCUT2D eigenvalue weighted by molar-refractivity contribution is 5.84. The molecular formula is C23H25NO5. The fraction of sp³-hybridized carbons (Fsp3) is 0.391. The minimum absolute atomic E-state index is 0.119. The molecule has 0 radical (unpaired) electrons. The molecule has 2 aromatic carbocycles. The van der Waals surface area contributed by atoms with Crippen LogP contribution in [0.1, 0.15) is 43.2 Å². The average molecular weight is 395 g/mol. The van der Waals surface area contributed by atoms with Gasteiger partial charge in [-0.25, -0.2) is 0 Å². The fourth-order valence-electron chi connectivity index (χ4n) is 5.04. The molecular weight excluding hydrogens is 370 g/mol. The molecule has 0 bridgehead atoms. The van der Waals surface area contributed by atoms with Gasteiger partial charge < -0.3 is 20.7 Å². The second-order valence-electron chi connectivity index (χ2n) is 8.12. The van der Waals surface area contributed by atoms with E-state index in [0.29, 0.717) is 17.9 Å². The summed E-state index contributed by atoms with van der Waals surface area (Å²) in [5, 5.41) is 19.7. The first-order valence-corrected chi connectivity index (χ1v) is 9.99. The lowest BCUT2D eigenvalue weighted by molar-refractivity contribution is -0.145. The van der Waals surface area contributed by atoms with E-state index in [9.17, 15) is 19.8 Å². The number of carboxylic acids is 2. The molecule has 1 aliphatic carbocycles. The van der Waals surface area contributed by atoms with Crippen molar-refractivity contribution in [1.82, 2.24) is 0 Å². The third-order valence-corrected chi connectivity index (χ3v) is 6.42. The van der Waals surface area contributed by atoms with Crippen LogP contribution in [-0.2, 0) is 9.59 Å². The SMILES string of the molecule is CCC[C@@H]1[C@H](C(=O)O)[C@H]1C(N)(CC1c2ccccc2Oc2ccccc21)C(=O)O. The Hall–Kier alpha value is -2.86. The molecule has 6 nitrogen and oxygen atoms in total. The molecule has 1 unspecified atom stereocenters. The summed E-state index contributed by atoms with van der Waals surface area (Å²) in [4.78, 5) is 24.1. The van der Waals surface area contributed by atoms with Gasteiger partial charge in [-0.3, -0.25) is 9.59 Å². The molecule has 4 rings (SSSR count). The van der Waals surface area contributed by atoms with Gasteiger partial charge in [-0.15, -0.1) is 0 Å². The lowest BCUT2D eigenvalue weighted by atomic mass is 9.75. The lowest BCUT2D eigenvalue weighted by Gasteiger charge is -2.34. The van der Waals surface area contributed by atoms with Gasteiger partial charge >= 0.3 is 11.9 Å². The minimum atomic E-state index is -1.63. The van der Waals surface area contributed by atoms with Crippen LogP contribution in [0, 0.1) is 17.8 Å². The van der Waals surface area contributed by atoms with Gasteiger partial charge in [0.05, 0.1) is 5.92 Å². The number of carboxylic acid groups (broad SMARTS) is 2. The number of rotatable bonds is 7. The van der Waals surface area contributed by atoms with E-state index in [4.69, 9.17) is 10.5 Å². The molecule has 1 fully saturated rings. The number of hydrogen-bond donors (Lipinski definition) is 3. The van der Waals surface area contributed by atoms with Crippen LogP contribution in [0.15, 0.2) is 48.5 Å². The Morgan fingerprint density at radius 2 is 1.59 bits per heavy atom. The molecule has 2 aromatic rings. The molecule has 1 heterocycles. The summed E-state index contributed by atoms with van der Waals surface area (Å²) in [5.41, 5.74) is 6.66. The van der Waals surface area contributed by atoms with E-state index in [-0.39, 0.29) is 18.3 Å². The lowest BCUT2D eigenvalue weighted by Crippen LogP contribution is -2.52. The first kappa shape index (κ1) is 19.5. The Morgan fingerprint density at radius 1 is 1.03 bits per heavy atom. The van der Waals surface area contributed by atoms with Gasteiger partial charge in [0.25, 0.3) is 0 Å². The van der Waals surface area contributed by atoms with Gasteiger partial charge in [-0.1, -0.05) is 49.7 Å². The standard InChI is InChI=1S/C23H25NO5/c1-2-7-15-19(21(25)26)20(15)23(24,22(27)28)12-16-13-8-3-5-10-17(13)29-18-11-6-4-9-14(16)18/h3-6,8-11,15-16,19-20H,2,7,12,24H2,1H3,(H,25,26)(H,27,28)/t15-,19+,20+,23?/m1/s1. The fourth-order valence-corrected chi connectivity index (χ4v) is 5.04. The first-order valence-electron chi connectivity index (χ1n) is 9.99. The Labute approximate surface area is 169 Å². The van der Waals surface area contributed by atoms with E-state index in [1.54, 1.807) is 0 Å². The Morgan fingerprint density at radius 3 is 2.07 bits per heavy atom. The van der Waals surface area contributed by atoms with Crippen LogP contribution in [0.2, 0.25) is 0 Å². The summed E-state index contributed by atoms with van der Waals surface area (Å²) in [5.74, 6) is -2.52. The molecule has 29 heavy (non-hydrogen) atoms. The molecule has 6 heteroatoms. The van der Waals surface area contributed by atoms with E-state index in [1.165, 1.54) is 0 Å². The van der Waals surface area contributed by atoms with Crippen molar-refractivity contribution in [3.05, 3.63) is 59.7 Å². The highest BCUT2D eigenvalue weighted by atomic mass is 16.5. The number of hydrogen-bond acceptors (Lipinski definition) is 4. The third-order valence-electron chi connectivity index (χ3n) is 6.42. The van der Waals surface area contributed by atoms with E-state index < -0.39 is 29.3 Å².